The average molecular weight is 369 g/mol. The van der Waals surface area contributed by atoms with Crippen molar-refractivity contribution >= 4 is 28.8 Å². The molecule has 3 aliphatic rings. The number of hydrogen-bond acceptors (Lipinski definition) is 6. The molecule has 0 atom stereocenters. The lowest BCUT2D eigenvalue weighted by molar-refractivity contribution is 0.102. The van der Waals surface area contributed by atoms with Crippen molar-refractivity contribution < 1.29 is 4.79 Å². The van der Waals surface area contributed by atoms with Gasteiger partial charge in [-0.3, -0.25) is 14.5 Å². The monoisotopic (exact) mass is 369 g/mol. The Morgan fingerprint density at radius 3 is 2.85 bits per heavy atom. The Kier molecular flexibility index (Phi) is 4.42. The molecule has 7 heteroatoms. The van der Waals surface area contributed by atoms with E-state index >= 15 is 0 Å². The highest BCUT2D eigenvalue weighted by Crippen LogP contribution is 2.42. The van der Waals surface area contributed by atoms with Crippen LogP contribution in [0.4, 0.5) is 5.69 Å². The fraction of sp³-hybridized carbons (Fsp3) is 0.316. The maximum atomic E-state index is 12.8. The molecule has 3 heterocycles. The second-order valence-corrected chi connectivity index (χ2v) is 7.62. The third-order valence-electron chi connectivity index (χ3n) is 4.95. The fourth-order valence-corrected chi connectivity index (χ4v) is 4.57. The molecule has 26 heavy (non-hydrogen) atoms. The minimum Gasteiger partial charge on any atom is -0.387 e. The fourth-order valence-electron chi connectivity index (χ4n) is 3.67. The zero-order valence-corrected chi connectivity index (χ0v) is 15.6. The molecular weight excluding hydrogens is 346 g/mol. The number of ketones is 1. The maximum Gasteiger partial charge on any atom is 0.176 e. The summed E-state index contributed by atoms with van der Waals surface area (Å²) in [5, 5.41) is 4.85. The van der Waals surface area contributed by atoms with E-state index in [1.807, 2.05) is 19.2 Å². The first-order valence-electron chi connectivity index (χ1n) is 8.75. The number of thioether (sulfide) groups is 1. The summed E-state index contributed by atoms with van der Waals surface area (Å²) < 4.78 is 1.66. The van der Waals surface area contributed by atoms with Gasteiger partial charge in [-0.05, 0) is 31.4 Å². The number of aromatic nitrogens is 1. The first-order chi connectivity index (χ1) is 12.6. The van der Waals surface area contributed by atoms with Crippen molar-refractivity contribution in [3.63, 3.8) is 0 Å². The minimum atomic E-state index is 0.0868. The molecule has 136 valence electrons. The number of anilines is 1. The highest BCUT2D eigenvalue weighted by Gasteiger charge is 2.34. The molecule has 0 fully saturated rings. The van der Waals surface area contributed by atoms with Crippen molar-refractivity contribution in [1.29, 1.82) is 0 Å². The van der Waals surface area contributed by atoms with E-state index in [1.54, 1.807) is 21.4 Å². The molecule has 0 saturated heterocycles. The van der Waals surface area contributed by atoms with Gasteiger partial charge in [-0.2, -0.15) is 0 Å². The quantitative estimate of drug-likeness (QED) is 0.560. The van der Waals surface area contributed by atoms with E-state index in [2.05, 4.69) is 23.5 Å². The van der Waals surface area contributed by atoms with Gasteiger partial charge >= 0.3 is 0 Å². The van der Waals surface area contributed by atoms with Crippen LogP contribution in [0.5, 0.6) is 0 Å². The number of nitrogens with zero attached hydrogens (tertiary/aromatic N) is 2. The van der Waals surface area contributed by atoms with Crippen molar-refractivity contribution in [2.24, 2.45) is 5.84 Å². The number of rotatable bonds is 3. The van der Waals surface area contributed by atoms with Gasteiger partial charge in [0.25, 0.3) is 0 Å². The van der Waals surface area contributed by atoms with Gasteiger partial charge in [-0.15, -0.1) is 11.8 Å². The van der Waals surface area contributed by atoms with Crippen LogP contribution in [0.3, 0.4) is 0 Å². The van der Waals surface area contributed by atoms with Crippen molar-refractivity contribution in [2.45, 2.75) is 25.5 Å². The van der Waals surface area contributed by atoms with E-state index in [-0.39, 0.29) is 5.78 Å². The molecule has 0 saturated carbocycles. The van der Waals surface area contributed by atoms with Gasteiger partial charge in [0.15, 0.2) is 5.78 Å². The predicted molar refractivity (Wildman–Crippen MR) is 108 cm³/mol. The number of nitrogens with one attached hydrogen (secondary N) is 1. The number of carbonyl (C=O) groups is 1. The van der Waals surface area contributed by atoms with Gasteiger partial charge < -0.3 is 11.2 Å². The number of dihydropyridines is 1. The van der Waals surface area contributed by atoms with Gasteiger partial charge in [0.05, 0.1) is 34.1 Å². The van der Waals surface area contributed by atoms with Crippen LogP contribution in [0.2, 0.25) is 0 Å². The summed E-state index contributed by atoms with van der Waals surface area (Å²) in [5.41, 5.74) is 6.02. The number of fused-ring (bicyclic) bond motifs is 1. The highest BCUT2D eigenvalue weighted by atomic mass is 32.2. The van der Waals surface area contributed by atoms with Gasteiger partial charge in [-0.1, -0.05) is 18.2 Å². The Morgan fingerprint density at radius 2 is 2.12 bits per heavy atom. The standard InChI is InChI=1S/C19H23N5OS/c1-12-9-22-8-7-14(12)18-19(23(20)13-5-3-2-4-6-13)17-15(24(18)21)10-26-11-16(17)25/h3,5-7,9,22H,2,4,8,10-11,20-21H2,1H3. The Morgan fingerprint density at radius 1 is 1.27 bits per heavy atom. The Balaban J connectivity index is 1.94. The van der Waals surface area contributed by atoms with Crippen molar-refractivity contribution in [2.75, 3.05) is 23.1 Å². The molecule has 0 amide bonds. The van der Waals surface area contributed by atoms with Crippen molar-refractivity contribution in [1.82, 2.24) is 9.99 Å². The molecule has 2 aliphatic heterocycles. The number of Topliss-reactive ketones (excluding diaryl/α,β-unsaturated/α-hetero) is 1. The molecule has 0 radical (unpaired) electrons. The number of hydrogen-bond donors (Lipinski definition) is 3. The Labute approximate surface area is 157 Å². The van der Waals surface area contributed by atoms with Gasteiger partial charge in [0.1, 0.15) is 0 Å². The van der Waals surface area contributed by atoms with E-state index in [9.17, 15) is 4.79 Å². The third-order valence-corrected chi connectivity index (χ3v) is 5.89. The molecule has 4 rings (SSSR count). The lowest BCUT2D eigenvalue weighted by atomic mass is 9.99. The molecule has 5 N–H and O–H groups in total. The summed E-state index contributed by atoms with van der Waals surface area (Å²) in [6.45, 7) is 2.75. The van der Waals surface area contributed by atoms with E-state index < -0.39 is 0 Å². The zero-order valence-electron chi connectivity index (χ0n) is 14.8. The lowest BCUT2D eigenvalue weighted by Gasteiger charge is -2.25. The number of nitrogen functional groups attached to an aromatic ring is 1. The maximum absolute atomic E-state index is 12.8. The van der Waals surface area contributed by atoms with Crippen molar-refractivity contribution in [3.8, 4) is 0 Å². The van der Waals surface area contributed by atoms with Crippen LogP contribution < -0.4 is 22.0 Å². The molecular formula is C19H23N5OS. The van der Waals surface area contributed by atoms with Crippen LogP contribution in [0, 0.1) is 0 Å². The molecule has 0 spiro atoms. The molecule has 1 aromatic rings. The molecule has 0 aromatic carbocycles. The van der Waals surface area contributed by atoms with Crippen LogP contribution in [0.25, 0.3) is 5.57 Å². The van der Waals surface area contributed by atoms with Crippen LogP contribution >= 0.6 is 11.8 Å². The lowest BCUT2D eigenvalue weighted by Crippen LogP contribution is -2.32. The number of hydrazine groups is 1. The van der Waals surface area contributed by atoms with Gasteiger partial charge in [0.2, 0.25) is 0 Å². The minimum absolute atomic E-state index is 0.0868. The van der Waals surface area contributed by atoms with Crippen LogP contribution in [-0.2, 0) is 5.75 Å². The van der Waals surface area contributed by atoms with Gasteiger partial charge in [0, 0.05) is 24.1 Å². The topological polar surface area (TPSA) is 89.3 Å². The van der Waals surface area contributed by atoms with E-state index in [0.29, 0.717) is 22.8 Å². The number of carbonyl (C=O) groups excluding carboxylic acids is 1. The second kappa shape index (κ2) is 6.74. The van der Waals surface area contributed by atoms with Gasteiger partial charge in [-0.25, -0.2) is 5.84 Å². The summed E-state index contributed by atoms with van der Waals surface area (Å²) in [5.74, 6) is 14.3. The van der Waals surface area contributed by atoms with E-state index in [0.717, 1.165) is 47.6 Å². The van der Waals surface area contributed by atoms with Crippen LogP contribution in [0.1, 0.15) is 41.5 Å². The summed E-state index contributed by atoms with van der Waals surface area (Å²) in [6, 6.07) is 0. The van der Waals surface area contributed by atoms with Crippen LogP contribution in [-0.4, -0.2) is 22.8 Å². The van der Waals surface area contributed by atoms with Crippen LogP contribution in [0.15, 0.2) is 41.8 Å². The Hall–Kier alpha value is -2.38. The second-order valence-electron chi connectivity index (χ2n) is 6.64. The highest BCUT2D eigenvalue weighted by molar-refractivity contribution is 7.99. The smallest absolute Gasteiger partial charge is 0.176 e. The van der Waals surface area contributed by atoms with E-state index in [4.69, 9.17) is 11.7 Å². The molecule has 1 aliphatic carbocycles. The first kappa shape index (κ1) is 17.1. The third kappa shape index (κ3) is 2.68. The number of nitrogens with two attached hydrogens (primary N) is 2. The average Bonchev–Trinajstić information content (AvgIpc) is 2.96. The first-order valence-corrected chi connectivity index (χ1v) is 9.91. The normalized spacial score (nSPS) is 19.3. The SMILES string of the molecule is CC1=CNCC=C1c1c(N(N)C2=CCCC=C2)c2c(n1N)CSCC2=O. The number of allylic oxidation sites excluding steroid dienone is 5. The predicted octanol–water partition coefficient (Wildman–Crippen LogP) is 2.44. The summed E-state index contributed by atoms with van der Waals surface area (Å²) >= 11 is 1.59. The van der Waals surface area contributed by atoms with Crippen molar-refractivity contribution in [3.05, 3.63) is 58.7 Å². The molecule has 0 unspecified atom stereocenters. The largest absolute Gasteiger partial charge is 0.387 e. The summed E-state index contributed by atoms with van der Waals surface area (Å²) in [7, 11) is 0. The van der Waals surface area contributed by atoms with E-state index in [1.165, 1.54) is 0 Å². The Bertz CT molecular complexity index is 890. The zero-order chi connectivity index (χ0) is 18.3. The summed E-state index contributed by atoms with van der Waals surface area (Å²) in [4.78, 5) is 12.8. The molecule has 0 bridgehead atoms. The molecule has 1 aromatic heterocycles. The summed E-state index contributed by atoms with van der Waals surface area (Å²) in [6.07, 6.45) is 12.2. The molecule has 6 nitrogen and oxygen atoms in total.